The number of hydrogen-bond donors (Lipinski definition) is 2. The summed E-state index contributed by atoms with van der Waals surface area (Å²) in [6.45, 7) is 4.55. The van der Waals surface area contributed by atoms with Gasteiger partial charge in [-0.3, -0.25) is 9.48 Å². The summed E-state index contributed by atoms with van der Waals surface area (Å²) in [4.78, 5) is 12.3. The minimum atomic E-state index is -0.770. The summed E-state index contributed by atoms with van der Waals surface area (Å²) in [6.07, 6.45) is 0.724. The molecule has 1 saturated heterocycles. The van der Waals surface area contributed by atoms with E-state index in [2.05, 4.69) is 10.4 Å². The van der Waals surface area contributed by atoms with Crippen molar-refractivity contribution in [3.05, 3.63) is 17.0 Å². The van der Waals surface area contributed by atoms with E-state index in [1.54, 1.807) is 16.4 Å². The largest absolute Gasteiger partial charge is 0.387 e. The van der Waals surface area contributed by atoms with Gasteiger partial charge in [0, 0.05) is 23.9 Å². The second kappa shape index (κ2) is 6.37. The number of thioether (sulfide) groups is 1. The molecule has 1 amide bonds. The second-order valence-corrected chi connectivity index (χ2v) is 6.65. The maximum atomic E-state index is 12.3. The lowest BCUT2D eigenvalue weighted by Crippen LogP contribution is -2.43. The lowest BCUT2D eigenvalue weighted by Gasteiger charge is -2.21. The van der Waals surface area contributed by atoms with Crippen molar-refractivity contribution in [1.82, 2.24) is 15.1 Å². The number of aliphatic hydroxyl groups is 1. The number of carbonyl (C=O) groups is 1. The quantitative estimate of drug-likeness (QED) is 0.804. The van der Waals surface area contributed by atoms with Crippen molar-refractivity contribution in [3.63, 3.8) is 0 Å². The monoisotopic (exact) mass is 317 g/mol. The summed E-state index contributed by atoms with van der Waals surface area (Å²) in [5.41, 5.74) is 1.32. The van der Waals surface area contributed by atoms with Crippen LogP contribution in [0.25, 0.3) is 0 Å². The Labute approximate surface area is 128 Å². The molecule has 1 aromatic rings. The van der Waals surface area contributed by atoms with E-state index in [-0.39, 0.29) is 5.91 Å². The van der Waals surface area contributed by atoms with Crippen LogP contribution in [0.4, 0.5) is 0 Å². The van der Waals surface area contributed by atoms with Gasteiger partial charge >= 0.3 is 0 Å². The van der Waals surface area contributed by atoms with Crippen molar-refractivity contribution in [1.29, 1.82) is 0 Å². The van der Waals surface area contributed by atoms with Crippen LogP contribution in [0.1, 0.15) is 28.2 Å². The van der Waals surface area contributed by atoms with E-state index in [1.807, 2.05) is 13.8 Å². The minimum absolute atomic E-state index is 0.175. The number of hydrogen-bond acceptors (Lipinski definition) is 4. The molecule has 0 radical (unpaired) electrons. The zero-order chi connectivity index (χ0) is 14.8. The van der Waals surface area contributed by atoms with Crippen LogP contribution < -0.4 is 5.32 Å². The van der Waals surface area contributed by atoms with Gasteiger partial charge in [-0.1, -0.05) is 0 Å². The molecule has 1 unspecified atom stereocenters. The molecule has 0 spiro atoms. The normalized spacial score (nSPS) is 22.2. The standard InChI is InChI=1S/C13H20ClN3O2S/c1-9-11(10(2)17(16-9)5-4-14)12(18)15-7-13(19)3-6-20-8-13/h19H,3-8H2,1-2H3,(H,15,18). The van der Waals surface area contributed by atoms with Gasteiger partial charge in [0.1, 0.15) is 0 Å². The van der Waals surface area contributed by atoms with Crippen LogP contribution >= 0.6 is 23.4 Å². The van der Waals surface area contributed by atoms with Gasteiger partial charge in [0.05, 0.1) is 23.4 Å². The number of nitrogens with one attached hydrogen (secondary N) is 1. The van der Waals surface area contributed by atoms with Crippen LogP contribution in [0.2, 0.25) is 0 Å². The molecule has 20 heavy (non-hydrogen) atoms. The first-order valence-electron chi connectivity index (χ1n) is 6.65. The number of carbonyl (C=O) groups excluding carboxylic acids is 1. The molecule has 0 bridgehead atoms. The van der Waals surface area contributed by atoms with E-state index >= 15 is 0 Å². The van der Waals surface area contributed by atoms with Gasteiger partial charge in [0.2, 0.25) is 0 Å². The topological polar surface area (TPSA) is 67.2 Å². The third kappa shape index (κ3) is 3.30. The van der Waals surface area contributed by atoms with Crippen LogP contribution in [0.5, 0.6) is 0 Å². The first kappa shape index (κ1) is 15.7. The Kier molecular flexibility index (Phi) is 4.99. The van der Waals surface area contributed by atoms with E-state index in [1.165, 1.54) is 0 Å². The van der Waals surface area contributed by atoms with Gasteiger partial charge in [-0.15, -0.1) is 11.6 Å². The minimum Gasteiger partial charge on any atom is -0.387 e. The zero-order valence-electron chi connectivity index (χ0n) is 11.8. The highest BCUT2D eigenvalue weighted by atomic mass is 35.5. The summed E-state index contributed by atoms with van der Waals surface area (Å²) in [6, 6.07) is 0. The molecule has 7 heteroatoms. The van der Waals surface area contributed by atoms with Crippen LogP contribution in [-0.2, 0) is 6.54 Å². The first-order valence-corrected chi connectivity index (χ1v) is 8.34. The maximum absolute atomic E-state index is 12.3. The molecule has 0 aromatic carbocycles. The molecule has 0 saturated carbocycles. The third-order valence-corrected chi connectivity index (χ3v) is 4.97. The lowest BCUT2D eigenvalue weighted by atomic mass is 10.0. The lowest BCUT2D eigenvalue weighted by molar-refractivity contribution is 0.0612. The average molecular weight is 318 g/mol. The summed E-state index contributed by atoms with van der Waals surface area (Å²) in [5.74, 6) is 1.90. The number of aryl methyl sites for hydroxylation is 2. The SMILES string of the molecule is Cc1nn(CCCl)c(C)c1C(=O)NCC1(O)CCSC1. The Hall–Kier alpha value is -0.720. The van der Waals surface area contributed by atoms with Crippen LogP contribution in [0.3, 0.4) is 0 Å². The van der Waals surface area contributed by atoms with E-state index in [4.69, 9.17) is 11.6 Å². The van der Waals surface area contributed by atoms with Gasteiger partial charge in [-0.25, -0.2) is 0 Å². The van der Waals surface area contributed by atoms with Gasteiger partial charge in [0.25, 0.3) is 5.91 Å². The molecular weight excluding hydrogens is 298 g/mol. The van der Waals surface area contributed by atoms with Crippen LogP contribution in [-0.4, -0.2) is 50.3 Å². The maximum Gasteiger partial charge on any atom is 0.255 e. The first-order chi connectivity index (χ1) is 9.47. The van der Waals surface area contributed by atoms with Gasteiger partial charge in [-0.05, 0) is 26.0 Å². The van der Waals surface area contributed by atoms with Crippen molar-refractivity contribution >= 4 is 29.3 Å². The average Bonchev–Trinajstić information content (AvgIpc) is 2.94. The molecule has 2 heterocycles. The number of halogens is 1. The Morgan fingerprint density at radius 2 is 2.35 bits per heavy atom. The molecule has 2 rings (SSSR count). The van der Waals surface area contributed by atoms with Crippen LogP contribution in [0, 0.1) is 13.8 Å². The van der Waals surface area contributed by atoms with Crippen LogP contribution in [0.15, 0.2) is 0 Å². The van der Waals surface area contributed by atoms with E-state index in [0.717, 1.165) is 17.9 Å². The molecule has 1 aliphatic rings. The van der Waals surface area contributed by atoms with E-state index in [0.29, 0.717) is 36.0 Å². The molecular formula is C13H20ClN3O2S. The number of amides is 1. The predicted molar refractivity (Wildman–Crippen MR) is 81.6 cm³/mol. The van der Waals surface area contributed by atoms with E-state index < -0.39 is 5.60 Å². The molecule has 1 aliphatic heterocycles. The fraction of sp³-hybridized carbons (Fsp3) is 0.692. The predicted octanol–water partition coefficient (Wildman–Crippen LogP) is 1.34. The fourth-order valence-electron chi connectivity index (χ4n) is 2.39. The number of nitrogens with zero attached hydrogens (tertiary/aromatic N) is 2. The molecule has 112 valence electrons. The Morgan fingerprint density at radius 3 is 2.95 bits per heavy atom. The molecule has 1 fully saturated rings. The third-order valence-electron chi connectivity index (χ3n) is 3.57. The highest BCUT2D eigenvalue weighted by molar-refractivity contribution is 7.99. The van der Waals surface area contributed by atoms with E-state index in [9.17, 15) is 9.90 Å². The van der Waals surface area contributed by atoms with Gasteiger partial charge < -0.3 is 10.4 Å². The Bertz CT molecular complexity index is 498. The summed E-state index contributed by atoms with van der Waals surface area (Å²) in [5, 5.41) is 17.4. The summed E-state index contributed by atoms with van der Waals surface area (Å²) >= 11 is 7.43. The van der Waals surface area contributed by atoms with Crippen molar-refractivity contribution in [2.75, 3.05) is 23.9 Å². The summed E-state index contributed by atoms with van der Waals surface area (Å²) < 4.78 is 1.75. The molecule has 0 aliphatic carbocycles. The summed E-state index contributed by atoms with van der Waals surface area (Å²) in [7, 11) is 0. The molecule has 1 aromatic heterocycles. The fourth-order valence-corrected chi connectivity index (χ4v) is 3.85. The second-order valence-electron chi connectivity index (χ2n) is 5.17. The Balaban J connectivity index is 2.05. The smallest absolute Gasteiger partial charge is 0.255 e. The number of aromatic nitrogens is 2. The van der Waals surface area contributed by atoms with Crippen molar-refractivity contribution in [2.45, 2.75) is 32.4 Å². The zero-order valence-corrected chi connectivity index (χ0v) is 13.4. The van der Waals surface area contributed by atoms with Crippen molar-refractivity contribution in [3.8, 4) is 0 Å². The molecule has 2 N–H and O–H groups in total. The highest BCUT2D eigenvalue weighted by Crippen LogP contribution is 2.27. The molecule has 5 nitrogen and oxygen atoms in total. The van der Waals surface area contributed by atoms with Gasteiger partial charge in [-0.2, -0.15) is 16.9 Å². The van der Waals surface area contributed by atoms with Crippen molar-refractivity contribution < 1.29 is 9.90 Å². The van der Waals surface area contributed by atoms with Gasteiger partial charge in [0.15, 0.2) is 0 Å². The van der Waals surface area contributed by atoms with Crippen molar-refractivity contribution in [2.24, 2.45) is 0 Å². The number of alkyl halides is 1. The number of rotatable bonds is 5. The Morgan fingerprint density at radius 1 is 1.60 bits per heavy atom. The highest BCUT2D eigenvalue weighted by Gasteiger charge is 2.32. The molecule has 1 atom stereocenters.